The van der Waals surface area contributed by atoms with Crippen molar-refractivity contribution in [1.82, 2.24) is 0 Å². The summed E-state index contributed by atoms with van der Waals surface area (Å²) in [6.45, 7) is 0. The van der Waals surface area contributed by atoms with Gasteiger partial charge in [0.05, 0.1) is 0 Å². The van der Waals surface area contributed by atoms with Crippen LogP contribution in [0.25, 0.3) is 0 Å². The molecular formula is C10H13F5O2. The molecule has 0 aromatic carbocycles. The SMILES string of the molecule is O=C(C(F)(F)F)C(F)(F)C(O)C1CCCCC1. The third-order valence-corrected chi connectivity index (χ3v) is 3.03. The predicted molar refractivity (Wildman–Crippen MR) is 48.6 cm³/mol. The molecule has 0 saturated heterocycles. The summed E-state index contributed by atoms with van der Waals surface area (Å²) < 4.78 is 62.1. The van der Waals surface area contributed by atoms with E-state index in [1.54, 1.807) is 0 Å². The lowest BCUT2D eigenvalue weighted by Gasteiger charge is -2.31. The summed E-state index contributed by atoms with van der Waals surface area (Å²) in [7, 11) is 0. The van der Waals surface area contributed by atoms with Crippen molar-refractivity contribution in [3.05, 3.63) is 0 Å². The number of aliphatic hydroxyl groups is 1. The third kappa shape index (κ3) is 3.14. The number of hydrogen-bond donors (Lipinski definition) is 1. The number of alkyl halides is 5. The molecule has 1 atom stereocenters. The highest BCUT2D eigenvalue weighted by Gasteiger charge is 2.60. The highest BCUT2D eigenvalue weighted by atomic mass is 19.4. The lowest BCUT2D eigenvalue weighted by molar-refractivity contribution is -0.213. The van der Waals surface area contributed by atoms with Gasteiger partial charge in [0, 0.05) is 0 Å². The molecule has 1 aliphatic rings. The van der Waals surface area contributed by atoms with Gasteiger partial charge in [0.25, 0.3) is 0 Å². The van der Waals surface area contributed by atoms with E-state index >= 15 is 0 Å². The van der Waals surface area contributed by atoms with E-state index in [2.05, 4.69) is 0 Å². The number of carbonyl (C=O) groups excluding carboxylic acids is 1. The maximum Gasteiger partial charge on any atom is 0.456 e. The number of Topliss-reactive ketones (excluding diaryl/α,β-unsaturated/α-hetero) is 1. The Balaban J connectivity index is 2.78. The van der Waals surface area contributed by atoms with Gasteiger partial charge < -0.3 is 5.11 Å². The Morgan fingerprint density at radius 2 is 1.53 bits per heavy atom. The zero-order valence-electron chi connectivity index (χ0n) is 8.94. The van der Waals surface area contributed by atoms with E-state index in [1.165, 1.54) is 0 Å². The van der Waals surface area contributed by atoms with Gasteiger partial charge in [0.2, 0.25) is 0 Å². The van der Waals surface area contributed by atoms with E-state index in [0.29, 0.717) is 12.8 Å². The van der Waals surface area contributed by atoms with Crippen LogP contribution < -0.4 is 0 Å². The molecule has 1 rings (SSSR count). The Bertz CT molecular complexity index is 281. The van der Waals surface area contributed by atoms with Crippen LogP contribution in [0.1, 0.15) is 32.1 Å². The smallest absolute Gasteiger partial charge is 0.386 e. The van der Waals surface area contributed by atoms with E-state index < -0.39 is 29.9 Å². The molecule has 17 heavy (non-hydrogen) atoms. The standard InChI is InChI=1S/C10H13F5O2/c11-9(12,8(17)10(13,14)15)7(16)6-4-2-1-3-5-6/h6-7,16H,1-5H2. The van der Waals surface area contributed by atoms with Gasteiger partial charge in [-0.1, -0.05) is 19.3 Å². The van der Waals surface area contributed by atoms with Gasteiger partial charge in [-0.3, -0.25) is 4.79 Å². The molecule has 0 heterocycles. The van der Waals surface area contributed by atoms with Gasteiger partial charge in [0.1, 0.15) is 6.10 Å². The molecule has 7 heteroatoms. The zero-order valence-corrected chi connectivity index (χ0v) is 8.94. The lowest BCUT2D eigenvalue weighted by atomic mass is 9.82. The van der Waals surface area contributed by atoms with Gasteiger partial charge in [-0.05, 0) is 18.8 Å². The minimum absolute atomic E-state index is 0.224. The summed E-state index contributed by atoms with van der Waals surface area (Å²) >= 11 is 0. The van der Waals surface area contributed by atoms with Crippen LogP contribution in [-0.4, -0.2) is 29.1 Å². The summed E-state index contributed by atoms with van der Waals surface area (Å²) in [5.74, 6) is -8.85. The maximum absolute atomic E-state index is 13.2. The first-order chi connectivity index (χ1) is 7.67. The number of hydrogen-bond acceptors (Lipinski definition) is 2. The lowest BCUT2D eigenvalue weighted by Crippen LogP contribution is -2.51. The van der Waals surface area contributed by atoms with Crippen LogP contribution in [0, 0.1) is 5.92 Å². The largest absolute Gasteiger partial charge is 0.456 e. The molecule has 1 fully saturated rings. The summed E-state index contributed by atoms with van der Waals surface area (Å²) in [6.07, 6.45) is -5.75. The van der Waals surface area contributed by atoms with Crippen molar-refractivity contribution in [3.8, 4) is 0 Å². The van der Waals surface area contributed by atoms with Gasteiger partial charge in [-0.15, -0.1) is 0 Å². The molecule has 0 spiro atoms. The molecule has 0 aliphatic heterocycles. The van der Waals surface area contributed by atoms with Crippen LogP contribution in [0.5, 0.6) is 0 Å². The molecule has 1 saturated carbocycles. The van der Waals surface area contributed by atoms with Crippen molar-refractivity contribution in [2.45, 2.75) is 50.3 Å². The minimum atomic E-state index is -5.63. The topological polar surface area (TPSA) is 37.3 Å². The molecule has 1 unspecified atom stereocenters. The summed E-state index contributed by atoms with van der Waals surface area (Å²) in [5, 5.41) is 9.26. The van der Waals surface area contributed by atoms with E-state index in [-0.39, 0.29) is 12.8 Å². The zero-order chi connectivity index (χ0) is 13.3. The van der Waals surface area contributed by atoms with Crippen molar-refractivity contribution < 1.29 is 31.9 Å². The normalized spacial score (nSPS) is 21.3. The Labute approximate surface area is 94.8 Å². The number of carbonyl (C=O) groups is 1. The first-order valence-electron chi connectivity index (χ1n) is 5.35. The molecule has 0 radical (unpaired) electrons. The van der Waals surface area contributed by atoms with Crippen molar-refractivity contribution >= 4 is 5.78 Å². The van der Waals surface area contributed by atoms with Crippen LogP contribution in [-0.2, 0) is 4.79 Å². The molecule has 0 bridgehead atoms. The van der Waals surface area contributed by atoms with Gasteiger partial charge in [-0.2, -0.15) is 22.0 Å². The van der Waals surface area contributed by atoms with Gasteiger partial charge in [-0.25, -0.2) is 0 Å². The third-order valence-electron chi connectivity index (χ3n) is 3.03. The molecule has 1 aliphatic carbocycles. The molecule has 0 amide bonds. The highest BCUT2D eigenvalue weighted by Crippen LogP contribution is 2.37. The van der Waals surface area contributed by atoms with E-state index in [1.807, 2.05) is 0 Å². The van der Waals surface area contributed by atoms with Crippen molar-refractivity contribution in [3.63, 3.8) is 0 Å². The number of aliphatic hydroxyl groups excluding tert-OH is 1. The van der Waals surface area contributed by atoms with Crippen LogP contribution in [0.4, 0.5) is 22.0 Å². The molecule has 100 valence electrons. The molecule has 2 nitrogen and oxygen atoms in total. The quantitative estimate of drug-likeness (QED) is 0.792. The molecule has 0 aromatic rings. The first kappa shape index (κ1) is 14.3. The second kappa shape index (κ2) is 4.88. The fourth-order valence-corrected chi connectivity index (χ4v) is 2.07. The summed E-state index contributed by atoms with van der Waals surface area (Å²) in [6, 6.07) is 0. The second-order valence-corrected chi connectivity index (χ2v) is 4.29. The number of rotatable bonds is 3. The predicted octanol–water partition coefficient (Wildman–Crippen LogP) is 2.69. The first-order valence-corrected chi connectivity index (χ1v) is 5.35. The fourth-order valence-electron chi connectivity index (χ4n) is 2.07. The van der Waals surface area contributed by atoms with Crippen LogP contribution >= 0.6 is 0 Å². The number of halogens is 5. The Kier molecular flexibility index (Phi) is 4.11. The Morgan fingerprint density at radius 3 is 1.94 bits per heavy atom. The average molecular weight is 260 g/mol. The second-order valence-electron chi connectivity index (χ2n) is 4.29. The van der Waals surface area contributed by atoms with Gasteiger partial charge in [0.15, 0.2) is 0 Å². The van der Waals surface area contributed by atoms with Crippen LogP contribution in [0.3, 0.4) is 0 Å². The fraction of sp³-hybridized carbons (Fsp3) is 0.900. The van der Waals surface area contributed by atoms with E-state index in [4.69, 9.17) is 0 Å². The monoisotopic (exact) mass is 260 g/mol. The minimum Gasteiger partial charge on any atom is -0.386 e. The van der Waals surface area contributed by atoms with Crippen molar-refractivity contribution in [2.75, 3.05) is 0 Å². The summed E-state index contributed by atoms with van der Waals surface area (Å²) in [4.78, 5) is 10.5. The summed E-state index contributed by atoms with van der Waals surface area (Å²) in [5.41, 5.74) is 0. The van der Waals surface area contributed by atoms with Crippen molar-refractivity contribution in [2.24, 2.45) is 5.92 Å². The van der Waals surface area contributed by atoms with E-state index in [0.717, 1.165) is 6.42 Å². The maximum atomic E-state index is 13.2. The van der Waals surface area contributed by atoms with Gasteiger partial charge >= 0.3 is 17.9 Å². The Morgan fingerprint density at radius 1 is 1.06 bits per heavy atom. The molecule has 0 aromatic heterocycles. The van der Waals surface area contributed by atoms with Crippen molar-refractivity contribution in [1.29, 1.82) is 0 Å². The van der Waals surface area contributed by atoms with Crippen LogP contribution in [0.15, 0.2) is 0 Å². The highest BCUT2D eigenvalue weighted by molar-refractivity contribution is 5.91. The average Bonchev–Trinajstić information content (AvgIpc) is 2.27. The molecular weight excluding hydrogens is 247 g/mol. The van der Waals surface area contributed by atoms with Crippen LogP contribution in [0.2, 0.25) is 0 Å². The number of ketones is 1. The Hall–Kier alpha value is -0.720. The molecule has 1 N–H and O–H groups in total. The van der Waals surface area contributed by atoms with E-state index in [9.17, 15) is 31.9 Å².